The zero-order chi connectivity index (χ0) is 21.5. The Morgan fingerprint density at radius 3 is 2.52 bits per heavy atom. The Balaban J connectivity index is 1.63. The largest absolute Gasteiger partial charge is 0.502 e. The molecule has 2 aliphatic rings. The molecule has 8 nitrogen and oxygen atoms in total. The van der Waals surface area contributed by atoms with Crippen LogP contribution in [-0.4, -0.2) is 27.0 Å². The van der Waals surface area contributed by atoms with Crippen LogP contribution < -0.4 is 10.3 Å². The molecule has 156 valence electrons. The summed E-state index contributed by atoms with van der Waals surface area (Å²) in [4.78, 5) is 26.0. The van der Waals surface area contributed by atoms with Gasteiger partial charge in [0.25, 0.3) is 5.91 Å². The van der Waals surface area contributed by atoms with E-state index in [9.17, 15) is 20.0 Å². The molecule has 2 atom stereocenters. The third-order valence-corrected chi connectivity index (χ3v) is 5.84. The van der Waals surface area contributed by atoms with Crippen LogP contribution in [0.4, 0.5) is 17.1 Å². The summed E-state index contributed by atoms with van der Waals surface area (Å²) in [6.45, 7) is 0. The number of fused-ring (bicyclic) bond motifs is 3. The summed E-state index contributed by atoms with van der Waals surface area (Å²) in [6.07, 6.45) is 0.879. The maximum Gasteiger partial charge on any atom is 0.310 e. The molecule has 1 unspecified atom stereocenters. The van der Waals surface area contributed by atoms with Gasteiger partial charge in [0.05, 0.1) is 10.6 Å². The molecule has 2 heterocycles. The molecule has 1 fully saturated rings. The molecule has 2 N–H and O–H groups in total. The molecule has 2 aliphatic heterocycles. The SMILES string of the molecule is O=C1C2CCc3ccccc3N2[C@@H](c2ccc([N+](=O)[O-])c(O)c2)N1Nc1ccccc1. The number of phenolic OH excluding ortho intramolecular Hbond substituents is 1. The van der Waals surface area contributed by atoms with Gasteiger partial charge in [0.15, 0.2) is 11.9 Å². The summed E-state index contributed by atoms with van der Waals surface area (Å²) < 4.78 is 0. The third kappa shape index (κ3) is 3.13. The van der Waals surface area contributed by atoms with Gasteiger partial charge in [-0.3, -0.25) is 20.3 Å². The van der Waals surface area contributed by atoms with Crippen molar-refractivity contribution in [3.8, 4) is 5.75 Å². The Morgan fingerprint density at radius 1 is 1.03 bits per heavy atom. The first-order valence-corrected chi connectivity index (χ1v) is 10.0. The van der Waals surface area contributed by atoms with Crippen molar-refractivity contribution in [3.63, 3.8) is 0 Å². The standard InChI is InChI=1S/C23H20N4O4/c28-21-14-16(11-12-19(21)27(30)31)22-25-18-9-5-4-6-15(18)10-13-20(25)23(29)26(22)24-17-7-2-1-3-8-17/h1-9,11-12,14,20,22,24,28H,10,13H2/t20?,22-/m1/s1. The summed E-state index contributed by atoms with van der Waals surface area (Å²) in [5, 5.41) is 23.0. The molecule has 0 bridgehead atoms. The van der Waals surface area contributed by atoms with Crippen LogP contribution in [0.15, 0.2) is 72.8 Å². The minimum absolute atomic E-state index is 0.0822. The Labute approximate surface area is 178 Å². The van der Waals surface area contributed by atoms with E-state index in [-0.39, 0.29) is 17.6 Å². The van der Waals surface area contributed by atoms with E-state index in [1.165, 1.54) is 12.1 Å². The molecule has 3 aromatic carbocycles. The van der Waals surface area contributed by atoms with Crippen molar-refractivity contribution in [2.45, 2.75) is 25.0 Å². The smallest absolute Gasteiger partial charge is 0.310 e. The van der Waals surface area contributed by atoms with Crippen molar-refractivity contribution in [2.24, 2.45) is 0 Å². The van der Waals surface area contributed by atoms with Crippen molar-refractivity contribution in [2.75, 3.05) is 10.3 Å². The number of aromatic hydroxyl groups is 1. The predicted molar refractivity (Wildman–Crippen MR) is 115 cm³/mol. The number of nitrogens with one attached hydrogen (secondary N) is 1. The number of amides is 1. The molecule has 8 heteroatoms. The fourth-order valence-corrected chi connectivity index (χ4v) is 4.46. The molecule has 1 amide bonds. The highest BCUT2D eigenvalue weighted by molar-refractivity contribution is 5.92. The lowest BCUT2D eigenvalue weighted by Crippen LogP contribution is -2.38. The lowest BCUT2D eigenvalue weighted by atomic mass is 9.95. The van der Waals surface area contributed by atoms with Gasteiger partial charge in [-0.2, -0.15) is 0 Å². The van der Waals surface area contributed by atoms with Crippen LogP contribution in [0.5, 0.6) is 5.75 Å². The molecule has 0 radical (unpaired) electrons. The average molecular weight is 416 g/mol. The van der Waals surface area contributed by atoms with Crippen molar-refractivity contribution in [1.29, 1.82) is 0 Å². The number of hydrogen-bond donors (Lipinski definition) is 2. The number of phenols is 1. The highest BCUT2D eigenvalue weighted by Crippen LogP contribution is 2.45. The van der Waals surface area contributed by atoms with Gasteiger partial charge in [-0.15, -0.1) is 0 Å². The lowest BCUT2D eigenvalue weighted by Gasteiger charge is -2.37. The number of anilines is 2. The van der Waals surface area contributed by atoms with Gasteiger partial charge in [-0.25, -0.2) is 5.01 Å². The minimum atomic E-state index is -0.627. The number of rotatable bonds is 4. The van der Waals surface area contributed by atoms with E-state index in [0.717, 1.165) is 23.4 Å². The number of nitro groups is 1. The summed E-state index contributed by atoms with van der Waals surface area (Å²) in [5.74, 6) is -0.510. The highest BCUT2D eigenvalue weighted by atomic mass is 16.6. The zero-order valence-electron chi connectivity index (χ0n) is 16.5. The lowest BCUT2D eigenvalue weighted by molar-refractivity contribution is -0.385. The minimum Gasteiger partial charge on any atom is -0.502 e. The van der Waals surface area contributed by atoms with Crippen LogP contribution >= 0.6 is 0 Å². The molecule has 31 heavy (non-hydrogen) atoms. The number of hydrogen-bond acceptors (Lipinski definition) is 6. The van der Waals surface area contributed by atoms with Crippen LogP contribution in [-0.2, 0) is 11.2 Å². The average Bonchev–Trinajstić information content (AvgIpc) is 3.06. The predicted octanol–water partition coefficient (Wildman–Crippen LogP) is 3.99. The van der Waals surface area contributed by atoms with Gasteiger partial charge in [0.2, 0.25) is 0 Å². The number of nitrogens with zero attached hydrogens (tertiary/aromatic N) is 3. The van der Waals surface area contributed by atoms with Crippen LogP contribution in [0.3, 0.4) is 0 Å². The van der Waals surface area contributed by atoms with Crippen molar-refractivity contribution < 1.29 is 14.8 Å². The molecule has 3 aromatic rings. The Bertz CT molecular complexity index is 1170. The zero-order valence-corrected chi connectivity index (χ0v) is 16.5. The number of para-hydroxylation sites is 2. The number of carbonyl (C=O) groups is 1. The van der Waals surface area contributed by atoms with Crippen molar-refractivity contribution in [3.05, 3.63) is 94.0 Å². The van der Waals surface area contributed by atoms with Gasteiger partial charge in [0.1, 0.15) is 6.04 Å². The summed E-state index contributed by atoms with van der Waals surface area (Å²) in [6, 6.07) is 21.2. The molecule has 0 aliphatic carbocycles. The van der Waals surface area contributed by atoms with Crippen molar-refractivity contribution >= 4 is 23.0 Å². The maximum absolute atomic E-state index is 13.4. The summed E-state index contributed by atoms with van der Waals surface area (Å²) in [5.41, 5.74) is 6.27. The van der Waals surface area contributed by atoms with E-state index in [2.05, 4.69) is 5.43 Å². The van der Waals surface area contributed by atoms with Crippen LogP contribution in [0.25, 0.3) is 0 Å². The van der Waals surface area contributed by atoms with Gasteiger partial charge in [-0.05, 0) is 48.7 Å². The Hall–Kier alpha value is -4.07. The second-order valence-corrected chi connectivity index (χ2v) is 7.66. The molecule has 5 rings (SSSR count). The van der Waals surface area contributed by atoms with E-state index < -0.39 is 16.8 Å². The van der Waals surface area contributed by atoms with Crippen LogP contribution in [0.2, 0.25) is 0 Å². The summed E-state index contributed by atoms with van der Waals surface area (Å²) >= 11 is 0. The van der Waals surface area contributed by atoms with Gasteiger partial charge in [-0.1, -0.05) is 36.4 Å². The number of carbonyl (C=O) groups excluding carboxylic acids is 1. The van der Waals surface area contributed by atoms with Crippen molar-refractivity contribution in [1.82, 2.24) is 5.01 Å². The van der Waals surface area contributed by atoms with Crippen LogP contribution in [0, 0.1) is 10.1 Å². The first-order chi connectivity index (χ1) is 15.0. The molecule has 0 spiro atoms. The second kappa shape index (κ2) is 7.32. The van der Waals surface area contributed by atoms with Crippen LogP contribution in [0.1, 0.15) is 23.7 Å². The monoisotopic (exact) mass is 416 g/mol. The second-order valence-electron chi connectivity index (χ2n) is 7.66. The Kier molecular flexibility index (Phi) is 4.47. The van der Waals surface area contributed by atoms with Gasteiger partial charge in [0, 0.05) is 17.3 Å². The van der Waals surface area contributed by atoms with E-state index in [1.54, 1.807) is 11.1 Å². The summed E-state index contributed by atoms with van der Waals surface area (Å²) in [7, 11) is 0. The third-order valence-electron chi connectivity index (χ3n) is 5.84. The molecule has 0 saturated carbocycles. The number of nitro benzene ring substituents is 1. The van der Waals surface area contributed by atoms with E-state index in [4.69, 9.17) is 0 Å². The van der Waals surface area contributed by atoms with E-state index in [0.29, 0.717) is 12.0 Å². The number of hydrazine groups is 1. The number of aryl methyl sites for hydroxylation is 1. The molecule has 0 aromatic heterocycles. The van der Waals surface area contributed by atoms with E-state index in [1.807, 2.05) is 59.5 Å². The fraction of sp³-hybridized carbons (Fsp3) is 0.174. The quantitative estimate of drug-likeness (QED) is 0.493. The molecular formula is C23H20N4O4. The molecular weight excluding hydrogens is 396 g/mol. The molecule has 1 saturated heterocycles. The fourth-order valence-electron chi connectivity index (χ4n) is 4.46. The number of benzene rings is 3. The maximum atomic E-state index is 13.4. The Morgan fingerprint density at radius 2 is 1.77 bits per heavy atom. The normalized spacial score (nSPS) is 19.7. The first-order valence-electron chi connectivity index (χ1n) is 10.0. The van der Waals surface area contributed by atoms with E-state index >= 15 is 0 Å². The first kappa shape index (κ1) is 18.9. The highest BCUT2D eigenvalue weighted by Gasteiger charge is 2.49. The topological polar surface area (TPSA) is 99.0 Å². The van der Waals surface area contributed by atoms with Gasteiger partial charge >= 0.3 is 5.69 Å². The van der Waals surface area contributed by atoms with Gasteiger partial charge < -0.3 is 10.0 Å².